The normalized spacial score (nSPS) is 11.5. The summed E-state index contributed by atoms with van der Waals surface area (Å²) in [5.41, 5.74) is 0.645. The first-order chi connectivity index (χ1) is 15.8. The maximum Gasteiger partial charge on any atom is 0.333 e. The van der Waals surface area contributed by atoms with E-state index in [0.717, 1.165) is 22.0 Å². The van der Waals surface area contributed by atoms with E-state index in [1.54, 1.807) is 13.1 Å². The lowest BCUT2D eigenvalue weighted by atomic mass is 10.1. The van der Waals surface area contributed by atoms with Crippen LogP contribution in [-0.2, 0) is 13.7 Å². The van der Waals surface area contributed by atoms with Crippen molar-refractivity contribution in [3.8, 4) is 21.9 Å². The Morgan fingerprint density at radius 2 is 2.06 bits per heavy atom. The largest absolute Gasteiger partial charge is 0.494 e. The van der Waals surface area contributed by atoms with Gasteiger partial charge in [0.15, 0.2) is 11.6 Å². The van der Waals surface area contributed by atoms with E-state index in [1.807, 2.05) is 0 Å². The predicted molar refractivity (Wildman–Crippen MR) is 123 cm³/mol. The van der Waals surface area contributed by atoms with Crippen LogP contribution >= 0.6 is 22.9 Å². The number of pyridine rings is 1. The molecule has 0 unspecified atom stereocenters. The van der Waals surface area contributed by atoms with Crippen LogP contribution in [0, 0.1) is 5.82 Å². The van der Waals surface area contributed by atoms with Gasteiger partial charge in [-0.2, -0.15) is 5.10 Å². The Hall–Kier alpha value is -3.54. The summed E-state index contributed by atoms with van der Waals surface area (Å²) >= 11 is 7.34. The molecule has 5 aromatic rings. The van der Waals surface area contributed by atoms with E-state index in [2.05, 4.69) is 15.1 Å². The molecule has 33 heavy (non-hydrogen) atoms. The van der Waals surface area contributed by atoms with Gasteiger partial charge >= 0.3 is 5.69 Å². The quantitative estimate of drug-likeness (QED) is 0.403. The van der Waals surface area contributed by atoms with Gasteiger partial charge in [0, 0.05) is 29.1 Å². The van der Waals surface area contributed by atoms with Gasteiger partial charge in [-0.25, -0.2) is 13.8 Å². The van der Waals surface area contributed by atoms with Gasteiger partial charge in [0.25, 0.3) is 5.56 Å². The average Bonchev–Trinajstić information content (AvgIpc) is 3.35. The van der Waals surface area contributed by atoms with Crippen LogP contribution in [-0.4, -0.2) is 36.5 Å². The molecular weight excluding hydrogens is 473 g/mol. The van der Waals surface area contributed by atoms with Gasteiger partial charge < -0.3 is 14.8 Å². The van der Waals surface area contributed by atoms with Gasteiger partial charge in [0.05, 0.1) is 47.4 Å². The third kappa shape index (κ3) is 3.24. The minimum absolute atomic E-state index is 0.00593. The number of aryl methyl sites for hydroxylation is 1. The molecule has 5 rings (SSSR count). The van der Waals surface area contributed by atoms with Crippen LogP contribution in [0.2, 0.25) is 5.02 Å². The zero-order valence-electron chi connectivity index (χ0n) is 17.2. The fourth-order valence-electron chi connectivity index (χ4n) is 3.79. The molecule has 0 atom stereocenters. The highest BCUT2D eigenvalue weighted by atomic mass is 35.5. The predicted octanol–water partition coefficient (Wildman–Crippen LogP) is 2.98. The fourth-order valence-corrected chi connectivity index (χ4v) is 5.18. The van der Waals surface area contributed by atoms with E-state index in [9.17, 15) is 19.1 Å². The number of halogens is 2. The van der Waals surface area contributed by atoms with Gasteiger partial charge in [0.2, 0.25) is 0 Å². The molecule has 0 spiro atoms. The molecule has 4 aromatic heterocycles. The lowest BCUT2D eigenvalue weighted by Gasteiger charge is -2.07. The Bertz CT molecular complexity index is 1690. The Morgan fingerprint density at radius 1 is 1.27 bits per heavy atom. The van der Waals surface area contributed by atoms with Crippen LogP contribution in [0.3, 0.4) is 0 Å². The molecule has 2 N–H and O–H groups in total. The molecule has 0 saturated heterocycles. The zero-order chi connectivity index (χ0) is 23.4. The van der Waals surface area contributed by atoms with Crippen LogP contribution in [0.25, 0.3) is 37.2 Å². The number of thiophene rings is 1. The summed E-state index contributed by atoms with van der Waals surface area (Å²) in [6, 6.07) is 4.18. The summed E-state index contributed by atoms with van der Waals surface area (Å²) in [6.07, 6.45) is 2.91. The summed E-state index contributed by atoms with van der Waals surface area (Å²) in [7, 11) is 2.99. The number of hydrogen-bond donors (Lipinski definition) is 2. The molecular formula is C21H15ClFN5O4S. The number of aromatic nitrogens is 5. The lowest BCUT2D eigenvalue weighted by Crippen LogP contribution is -2.33. The molecule has 9 nitrogen and oxygen atoms in total. The second-order valence-electron chi connectivity index (χ2n) is 7.17. The third-order valence-electron chi connectivity index (χ3n) is 5.28. The number of H-pyrrole nitrogens is 1. The van der Waals surface area contributed by atoms with Gasteiger partial charge in [-0.3, -0.25) is 14.5 Å². The summed E-state index contributed by atoms with van der Waals surface area (Å²) in [6.45, 7) is -0.317. The van der Waals surface area contributed by atoms with Crippen molar-refractivity contribution >= 4 is 44.1 Å². The summed E-state index contributed by atoms with van der Waals surface area (Å²) in [5.74, 6) is -0.603. The highest BCUT2D eigenvalue weighted by molar-refractivity contribution is 7.22. The van der Waals surface area contributed by atoms with Gasteiger partial charge in [-0.05, 0) is 18.2 Å². The summed E-state index contributed by atoms with van der Waals surface area (Å²) < 4.78 is 21.7. The summed E-state index contributed by atoms with van der Waals surface area (Å²) in [4.78, 5) is 33.8. The topological polar surface area (TPSA) is 115 Å². The van der Waals surface area contributed by atoms with E-state index in [-0.39, 0.29) is 27.8 Å². The van der Waals surface area contributed by atoms with E-state index in [1.165, 1.54) is 30.3 Å². The Morgan fingerprint density at radius 3 is 2.79 bits per heavy atom. The molecule has 168 valence electrons. The number of benzene rings is 1. The lowest BCUT2D eigenvalue weighted by molar-refractivity contribution is 0.277. The zero-order valence-corrected chi connectivity index (χ0v) is 18.8. The summed E-state index contributed by atoms with van der Waals surface area (Å²) in [5, 5.41) is 14.5. The Labute approximate surface area is 193 Å². The van der Waals surface area contributed by atoms with Crippen LogP contribution in [0.15, 0.2) is 40.2 Å². The molecule has 0 aliphatic carbocycles. The maximum absolute atomic E-state index is 14.0. The van der Waals surface area contributed by atoms with Crippen molar-refractivity contribution in [3.05, 3.63) is 68.0 Å². The number of hydrogen-bond acceptors (Lipinski definition) is 7. The highest BCUT2D eigenvalue weighted by Crippen LogP contribution is 2.38. The number of fused-ring (bicyclic) bond motifs is 2. The molecule has 0 radical (unpaired) electrons. The molecule has 12 heteroatoms. The molecule has 0 aliphatic heterocycles. The van der Waals surface area contributed by atoms with Crippen LogP contribution in [0.1, 0.15) is 5.69 Å². The van der Waals surface area contributed by atoms with Crippen molar-refractivity contribution < 1.29 is 14.2 Å². The minimum Gasteiger partial charge on any atom is -0.494 e. The first-order valence-electron chi connectivity index (χ1n) is 9.57. The van der Waals surface area contributed by atoms with E-state index >= 15 is 0 Å². The Kier molecular flexibility index (Phi) is 5.04. The van der Waals surface area contributed by atoms with Crippen LogP contribution < -0.4 is 16.0 Å². The highest BCUT2D eigenvalue weighted by Gasteiger charge is 2.20. The molecule has 1 aromatic carbocycles. The second-order valence-corrected chi connectivity index (χ2v) is 8.63. The third-order valence-corrected chi connectivity index (χ3v) is 6.74. The van der Waals surface area contributed by atoms with E-state index in [4.69, 9.17) is 16.3 Å². The molecule has 0 aliphatic rings. The molecule has 0 amide bonds. The SMILES string of the molecule is COc1cc(-c2cc3[nH]c(=O)n(-c4cncc5c(CO)nn(C)c45)c(=O)c3s2)c(Cl)cc1F. The number of aliphatic hydroxyl groups is 1. The van der Waals surface area contributed by atoms with Crippen molar-refractivity contribution in [1.29, 1.82) is 0 Å². The fraction of sp³-hybridized carbons (Fsp3) is 0.143. The average molecular weight is 488 g/mol. The van der Waals surface area contributed by atoms with Crippen molar-refractivity contribution in [2.24, 2.45) is 7.05 Å². The molecule has 4 heterocycles. The van der Waals surface area contributed by atoms with Gasteiger partial charge in [0.1, 0.15) is 4.70 Å². The first-order valence-corrected chi connectivity index (χ1v) is 10.8. The second kappa shape index (κ2) is 7.80. The van der Waals surface area contributed by atoms with E-state index < -0.39 is 17.1 Å². The number of nitrogens with zero attached hydrogens (tertiary/aromatic N) is 4. The standard InChI is InChI=1S/C21H15ClFN5O4S/c1-27-18-10(14(8-29)26-27)6-24-7-15(18)28-20(30)19-13(25-21(28)31)5-17(33-19)9-3-16(32-2)12(23)4-11(9)22/h3-7,29H,8H2,1-2H3,(H,25,31). The molecule has 0 fully saturated rings. The Balaban J connectivity index is 1.77. The molecule has 0 saturated carbocycles. The van der Waals surface area contributed by atoms with Crippen LogP contribution in [0.4, 0.5) is 4.39 Å². The molecule has 0 bridgehead atoms. The van der Waals surface area contributed by atoms with Gasteiger partial charge in [-0.15, -0.1) is 11.3 Å². The smallest absolute Gasteiger partial charge is 0.333 e. The minimum atomic E-state index is -0.666. The monoisotopic (exact) mass is 487 g/mol. The van der Waals surface area contributed by atoms with E-state index in [0.29, 0.717) is 32.6 Å². The van der Waals surface area contributed by atoms with Gasteiger partial charge in [-0.1, -0.05) is 11.6 Å². The number of aliphatic hydroxyl groups excluding tert-OH is 1. The van der Waals surface area contributed by atoms with Crippen molar-refractivity contribution in [2.45, 2.75) is 6.61 Å². The number of aromatic amines is 1. The maximum atomic E-state index is 14.0. The van der Waals surface area contributed by atoms with Crippen molar-refractivity contribution in [3.63, 3.8) is 0 Å². The first kappa shape index (κ1) is 21.3. The van der Waals surface area contributed by atoms with Crippen molar-refractivity contribution in [2.75, 3.05) is 7.11 Å². The number of ether oxygens (including phenoxy) is 1. The number of methoxy groups -OCH3 is 1. The number of nitrogens with one attached hydrogen (secondary N) is 1. The van der Waals surface area contributed by atoms with Crippen molar-refractivity contribution in [1.82, 2.24) is 24.3 Å². The number of rotatable bonds is 4. The van der Waals surface area contributed by atoms with Crippen LogP contribution in [0.5, 0.6) is 5.75 Å².